The number of aromatic nitrogens is 1. The van der Waals surface area contributed by atoms with Gasteiger partial charge in [0.15, 0.2) is 0 Å². The molecule has 4 N–H and O–H groups in total. The Morgan fingerprint density at radius 1 is 1.56 bits per heavy atom. The number of nitrogens with one attached hydrogen (secondary N) is 2. The number of carbonyl (C=O) groups excluding carboxylic acids is 2. The molecule has 0 radical (unpaired) electrons. The summed E-state index contributed by atoms with van der Waals surface area (Å²) in [6.45, 7) is 0.0184. The van der Waals surface area contributed by atoms with Crippen LogP contribution in [0.1, 0.15) is 18.5 Å². The molecule has 1 unspecified atom stereocenters. The van der Waals surface area contributed by atoms with Gasteiger partial charge in [0.2, 0.25) is 11.8 Å². The van der Waals surface area contributed by atoms with Gasteiger partial charge in [-0.25, -0.2) is 4.39 Å². The molecule has 0 saturated carbocycles. The second-order valence-corrected chi connectivity index (χ2v) is 4.00. The normalized spacial score (nSPS) is 19.6. The molecule has 2 rings (SSSR count). The second-order valence-electron chi connectivity index (χ2n) is 4.00. The largest absolute Gasteiger partial charge is 0.372 e. The van der Waals surface area contributed by atoms with E-state index in [0.717, 1.165) is 0 Å². The molecule has 2 heterocycles. The second kappa shape index (κ2) is 5.09. The zero-order chi connectivity index (χ0) is 13.1. The van der Waals surface area contributed by atoms with Gasteiger partial charge in [-0.15, -0.1) is 0 Å². The lowest BCUT2D eigenvalue weighted by atomic mass is 10.1. The lowest BCUT2D eigenvalue weighted by molar-refractivity contribution is -0.133. The third-order valence-corrected chi connectivity index (χ3v) is 2.69. The number of anilines is 1. The molecule has 1 aromatic rings. The van der Waals surface area contributed by atoms with Gasteiger partial charge in [-0.1, -0.05) is 0 Å². The van der Waals surface area contributed by atoms with E-state index in [-0.39, 0.29) is 24.6 Å². The minimum atomic E-state index is -0.548. The van der Waals surface area contributed by atoms with Crippen molar-refractivity contribution in [3.8, 4) is 0 Å². The first-order chi connectivity index (χ1) is 8.60. The molecule has 1 aliphatic rings. The first-order valence-corrected chi connectivity index (χ1v) is 5.55. The molecule has 1 atom stereocenters. The summed E-state index contributed by atoms with van der Waals surface area (Å²) in [6, 6.07) is 0.687. The summed E-state index contributed by atoms with van der Waals surface area (Å²) in [6.07, 6.45) is 2.06. The van der Waals surface area contributed by atoms with Crippen LogP contribution in [0.5, 0.6) is 0 Å². The summed E-state index contributed by atoms with van der Waals surface area (Å²) < 4.78 is 13.4. The highest BCUT2D eigenvalue weighted by atomic mass is 19.1. The molecule has 1 saturated heterocycles. The summed E-state index contributed by atoms with van der Waals surface area (Å²) >= 11 is 0. The smallest absolute Gasteiger partial charge is 0.249 e. The van der Waals surface area contributed by atoms with Crippen LogP contribution in [0.2, 0.25) is 0 Å². The van der Waals surface area contributed by atoms with Crippen LogP contribution in [0.25, 0.3) is 0 Å². The number of halogens is 1. The van der Waals surface area contributed by atoms with Crippen molar-refractivity contribution in [2.75, 3.05) is 5.32 Å². The number of hydrogen-bond donors (Lipinski definition) is 3. The molecule has 0 aromatic carbocycles. The Bertz CT molecular complexity index is 492. The van der Waals surface area contributed by atoms with Crippen molar-refractivity contribution < 1.29 is 14.0 Å². The van der Waals surface area contributed by atoms with E-state index in [9.17, 15) is 14.0 Å². The average molecular weight is 252 g/mol. The van der Waals surface area contributed by atoms with E-state index in [4.69, 9.17) is 5.73 Å². The van der Waals surface area contributed by atoms with E-state index in [1.165, 1.54) is 12.3 Å². The first-order valence-electron chi connectivity index (χ1n) is 5.55. The summed E-state index contributed by atoms with van der Waals surface area (Å²) in [5.74, 6) is -1.22. The predicted molar refractivity (Wildman–Crippen MR) is 61.9 cm³/mol. The minimum Gasteiger partial charge on any atom is -0.372 e. The quantitative estimate of drug-likeness (QED) is 0.652. The fourth-order valence-corrected chi connectivity index (χ4v) is 1.73. The number of rotatable bonds is 3. The van der Waals surface area contributed by atoms with Crippen molar-refractivity contribution in [1.29, 1.82) is 0 Å². The number of imide groups is 1. The monoisotopic (exact) mass is 252 g/mol. The molecular formula is C11H13FN4O2. The maximum atomic E-state index is 13.4. The SMILES string of the molecule is NCc1ncc(NC2CCC(=O)NC2=O)cc1F. The third-order valence-electron chi connectivity index (χ3n) is 2.69. The Kier molecular flexibility index (Phi) is 3.52. The molecule has 0 bridgehead atoms. The predicted octanol–water partition coefficient (Wildman–Crippen LogP) is -0.104. The maximum absolute atomic E-state index is 13.4. The van der Waals surface area contributed by atoms with Crippen molar-refractivity contribution >= 4 is 17.5 Å². The molecule has 2 amide bonds. The zero-order valence-electron chi connectivity index (χ0n) is 9.57. The van der Waals surface area contributed by atoms with E-state index in [1.54, 1.807) is 0 Å². The average Bonchev–Trinajstić information content (AvgIpc) is 2.33. The number of amides is 2. The minimum absolute atomic E-state index is 0.0184. The topological polar surface area (TPSA) is 97.1 Å². The van der Waals surface area contributed by atoms with Gasteiger partial charge in [-0.2, -0.15) is 0 Å². The highest BCUT2D eigenvalue weighted by molar-refractivity contribution is 6.01. The molecule has 0 spiro atoms. The molecule has 96 valence electrons. The van der Waals surface area contributed by atoms with E-state index in [1.807, 2.05) is 0 Å². The van der Waals surface area contributed by atoms with Gasteiger partial charge in [0.25, 0.3) is 0 Å². The van der Waals surface area contributed by atoms with Gasteiger partial charge in [-0.05, 0) is 6.42 Å². The fraction of sp³-hybridized carbons (Fsp3) is 0.364. The van der Waals surface area contributed by atoms with E-state index in [2.05, 4.69) is 15.6 Å². The lowest BCUT2D eigenvalue weighted by Crippen LogP contribution is -2.47. The lowest BCUT2D eigenvalue weighted by Gasteiger charge is -2.22. The molecule has 1 aromatic heterocycles. The molecule has 6 nitrogen and oxygen atoms in total. The van der Waals surface area contributed by atoms with Crippen molar-refractivity contribution in [1.82, 2.24) is 10.3 Å². The number of carbonyl (C=O) groups is 2. The van der Waals surface area contributed by atoms with Crippen molar-refractivity contribution in [3.05, 3.63) is 23.8 Å². The van der Waals surface area contributed by atoms with Crippen LogP contribution in [-0.4, -0.2) is 22.8 Å². The van der Waals surface area contributed by atoms with Gasteiger partial charge in [0.1, 0.15) is 11.9 Å². The van der Waals surface area contributed by atoms with Crippen LogP contribution in [0.3, 0.4) is 0 Å². The van der Waals surface area contributed by atoms with Gasteiger partial charge in [0.05, 0.1) is 17.6 Å². The highest BCUT2D eigenvalue weighted by Crippen LogP contribution is 2.15. The molecule has 1 fully saturated rings. The Hall–Kier alpha value is -2.02. The van der Waals surface area contributed by atoms with Crippen LogP contribution in [0.4, 0.5) is 10.1 Å². The fourth-order valence-electron chi connectivity index (χ4n) is 1.73. The Labute approximate surface area is 103 Å². The van der Waals surface area contributed by atoms with E-state index < -0.39 is 17.8 Å². The van der Waals surface area contributed by atoms with Crippen molar-refractivity contribution in [2.45, 2.75) is 25.4 Å². The maximum Gasteiger partial charge on any atom is 0.249 e. The van der Waals surface area contributed by atoms with Crippen molar-refractivity contribution in [3.63, 3.8) is 0 Å². The summed E-state index contributed by atoms with van der Waals surface area (Å²) in [7, 11) is 0. The molecule has 1 aliphatic heterocycles. The highest BCUT2D eigenvalue weighted by Gasteiger charge is 2.26. The molecule has 18 heavy (non-hydrogen) atoms. The number of nitrogens with two attached hydrogens (primary N) is 1. The van der Waals surface area contributed by atoms with Crippen LogP contribution in [0.15, 0.2) is 12.3 Å². The summed E-state index contributed by atoms with van der Waals surface area (Å²) in [5, 5.41) is 5.05. The molecule has 0 aliphatic carbocycles. The van der Waals surface area contributed by atoms with Crippen LogP contribution in [0, 0.1) is 5.82 Å². The molecular weight excluding hydrogens is 239 g/mol. The number of pyridine rings is 1. The summed E-state index contributed by atoms with van der Waals surface area (Å²) in [5.41, 5.74) is 5.86. The number of hydrogen-bond acceptors (Lipinski definition) is 5. The van der Waals surface area contributed by atoms with Crippen LogP contribution < -0.4 is 16.4 Å². The van der Waals surface area contributed by atoms with Gasteiger partial charge in [-0.3, -0.25) is 19.9 Å². The Morgan fingerprint density at radius 3 is 2.94 bits per heavy atom. The van der Waals surface area contributed by atoms with Crippen LogP contribution >= 0.6 is 0 Å². The Balaban J connectivity index is 2.07. The Morgan fingerprint density at radius 2 is 2.33 bits per heavy atom. The van der Waals surface area contributed by atoms with Gasteiger partial charge < -0.3 is 11.1 Å². The standard InChI is InChI=1S/C11H13FN4O2/c12-7-3-6(5-14-9(7)4-13)15-8-1-2-10(17)16-11(8)18/h3,5,8,15H,1-2,4,13H2,(H,16,17,18). The first kappa shape index (κ1) is 12.4. The summed E-state index contributed by atoms with van der Waals surface area (Å²) in [4.78, 5) is 26.3. The molecule has 7 heteroatoms. The van der Waals surface area contributed by atoms with Crippen LogP contribution in [-0.2, 0) is 16.1 Å². The number of piperidine rings is 1. The van der Waals surface area contributed by atoms with Gasteiger partial charge >= 0.3 is 0 Å². The van der Waals surface area contributed by atoms with E-state index >= 15 is 0 Å². The van der Waals surface area contributed by atoms with E-state index in [0.29, 0.717) is 12.1 Å². The van der Waals surface area contributed by atoms with Crippen molar-refractivity contribution in [2.24, 2.45) is 5.73 Å². The number of nitrogens with zero attached hydrogens (tertiary/aromatic N) is 1. The third kappa shape index (κ3) is 2.62. The zero-order valence-corrected chi connectivity index (χ0v) is 9.57. The van der Waals surface area contributed by atoms with Gasteiger partial charge in [0, 0.05) is 19.0 Å².